The molecule has 0 unspecified atom stereocenters. The van der Waals surface area contributed by atoms with Gasteiger partial charge >= 0.3 is 0 Å². The lowest BCUT2D eigenvalue weighted by Gasteiger charge is -2.08. The highest BCUT2D eigenvalue weighted by atomic mass is 19.1. The predicted octanol–water partition coefficient (Wildman–Crippen LogP) is 2.86. The molecule has 0 bridgehead atoms. The van der Waals surface area contributed by atoms with Crippen LogP contribution in [0.3, 0.4) is 0 Å². The van der Waals surface area contributed by atoms with E-state index in [4.69, 9.17) is 15.7 Å². The summed E-state index contributed by atoms with van der Waals surface area (Å²) in [5.41, 5.74) is 6.81. The molecule has 4 heteroatoms. The van der Waals surface area contributed by atoms with E-state index in [0.29, 0.717) is 22.6 Å². The molecular weight excluding hydrogens is 231 g/mol. The summed E-state index contributed by atoms with van der Waals surface area (Å²) in [4.78, 5) is 0. The molecule has 0 atom stereocenters. The van der Waals surface area contributed by atoms with Crippen LogP contribution >= 0.6 is 0 Å². The van der Waals surface area contributed by atoms with E-state index in [-0.39, 0.29) is 12.4 Å². The SMILES string of the molecule is N#Cc1cc(OCc2ccccc2F)ccc1N. The minimum Gasteiger partial charge on any atom is -0.489 e. The van der Waals surface area contributed by atoms with Gasteiger partial charge in [0.25, 0.3) is 0 Å². The second-order valence-corrected chi connectivity index (χ2v) is 3.74. The fourth-order valence-electron chi connectivity index (χ4n) is 1.50. The summed E-state index contributed by atoms with van der Waals surface area (Å²) in [6.07, 6.45) is 0. The molecule has 0 saturated carbocycles. The molecular formula is C14H11FN2O. The summed E-state index contributed by atoms with van der Waals surface area (Å²) in [6, 6.07) is 13.1. The highest BCUT2D eigenvalue weighted by Gasteiger charge is 2.04. The van der Waals surface area contributed by atoms with Gasteiger partial charge in [-0.15, -0.1) is 0 Å². The van der Waals surface area contributed by atoms with Crippen molar-refractivity contribution in [1.82, 2.24) is 0 Å². The minimum absolute atomic E-state index is 0.113. The maximum Gasteiger partial charge on any atom is 0.129 e. The van der Waals surface area contributed by atoms with Crippen LogP contribution in [0.4, 0.5) is 10.1 Å². The van der Waals surface area contributed by atoms with E-state index in [1.54, 1.807) is 30.3 Å². The molecule has 0 amide bonds. The molecule has 0 radical (unpaired) electrons. The Morgan fingerprint density at radius 3 is 2.72 bits per heavy atom. The van der Waals surface area contributed by atoms with Crippen molar-refractivity contribution in [2.45, 2.75) is 6.61 Å². The maximum atomic E-state index is 13.3. The molecule has 90 valence electrons. The van der Waals surface area contributed by atoms with E-state index in [9.17, 15) is 4.39 Å². The Bertz CT molecular complexity index is 605. The number of rotatable bonds is 3. The van der Waals surface area contributed by atoms with Crippen molar-refractivity contribution in [3.8, 4) is 11.8 Å². The Balaban J connectivity index is 2.12. The number of nitrogens with zero attached hydrogens (tertiary/aromatic N) is 1. The summed E-state index contributed by atoms with van der Waals surface area (Å²) in [5.74, 6) is 0.178. The van der Waals surface area contributed by atoms with E-state index < -0.39 is 0 Å². The highest BCUT2D eigenvalue weighted by Crippen LogP contribution is 2.20. The van der Waals surface area contributed by atoms with E-state index in [1.165, 1.54) is 12.1 Å². The minimum atomic E-state index is -0.312. The van der Waals surface area contributed by atoms with Crippen molar-refractivity contribution >= 4 is 5.69 Å². The van der Waals surface area contributed by atoms with Gasteiger partial charge in [-0.2, -0.15) is 5.26 Å². The molecule has 3 nitrogen and oxygen atoms in total. The standard InChI is InChI=1S/C14H11FN2O/c15-13-4-2-1-3-10(13)9-18-12-5-6-14(17)11(7-12)8-16/h1-7H,9,17H2. The van der Waals surface area contributed by atoms with Crippen molar-refractivity contribution in [1.29, 1.82) is 5.26 Å². The lowest BCUT2D eigenvalue weighted by atomic mass is 10.2. The van der Waals surface area contributed by atoms with Crippen molar-refractivity contribution in [2.75, 3.05) is 5.73 Å². The van der Waals surface area contributed by atoms with Gasteiger partial charge < -0.3 is 10.5 Å². The molecule has 0 fully saturated rings. The topological polar surface area (TPSA) is 59.0 Å². The van der Waals surface area contributed by atoms with Crippen molar-refractivity contribution < 1.29 is 9.13 Å². The molecule has 0 heterocycles. The van der Waals surface area contributed by atoms with E-state index in [1.807, 2.05) is 6.07 Å². The number of halogens is 1. The van der Waals surface area contributed by atoms with Gasteiger partial charge in [0.2, 0.25) is 0 Å². The molecule has 0 saturated heterocycles. The van der Waals surface area contributed by atoms with Gasteiger partial charge in [0.1, 0.15) is 24.2 Å². The van der Waals surface area contributed by atoms with E-state index in [0.717, 1.165) is 0 Å². The van der Waals surface area contributed by atoms with Crippen molar-refractivity contribution in [2.24, 2.45) is 0 Å². The van der Waals surface area contributed by atoms with Crippen molar-refractivity contribution in [3.63, 3.8) is 0 Å². The number of hydrogen-bond acceptors (Lipinski definition) is 3. The van der Waals surface area contributed by atoms with Gasteiger partial charge in [-0.3, -0.25) is 0 Å². The second-order valence-electron chi connectivity index (χ2n) is 3.74. The summed E-state index contributed by atoms with van der Waals surface area (Å²) in [6.45, 7) is 0.113. The fraction of sp³-hybridized carbons (Fsp3) is 0.0714. The molecule has 2 aromatic carbocycles. The van der Waals surface area contributed by atoms with Gasteiger partial charge in [-0.1, -0.05) is 18.2 Å². The lowest BCUT2D eigenvalue weighted by molar-refractivity contribution is 0.300. The van der Waals surface area contributed by atoms with Crippen molar-refractivity contribution in [3.05, 3.63) is 59.4 Å². The third-order valence-corrected chi connectivity index (χ3v) is 2.50. The van der Waals surface area contributed by atoms with Crippen LogP contribution in [-0.2, 0) is 6.61 Å². The number of hydrogen-bond donors (Lipinski definition) is 1. The molecule has 0 aliphatic heterocycles. The Morgan fingerprint density at radius 2 is 2.00 bits per heavy atom. The van der Waals surface area contributed by atoms with Crippen LogP contribution in [0.5, 0.6) is 5.75 Å². The van der Waals surface area contributed by atoms with Gasteiger partial charge in [0.05, 0.1) is 5.56 Å². The lowest BCUT2D eigenvalue weighted by Crippen LogP contribution is -1.99. The Kier molecular flexibility index (Phi) is 3.44. The Labute approximate surface area is 104 Å². The molecule has 0 aromatic heterocycles. The summed E-state index contributed by atoms with van der Waals surface area (Å²) >= 11 is 0. The van der Waals surface area contributed by atoms with Gasteiger partial charge in [0.15, 0.2) is 0 Å². The molecule has 2 aromatic rings. The van der Waals surface area contributed by atoms with Gasteiger partial charge in [0, 0.05) is 11.3 Å². The van der Waals surface area contributed by atoms with E-state index >= 15 is 0 Å². The molecule has 0 aliphatic rings. The molecule has 2 N–H and O–H groups in total. The summed E-state index contributed by atoms with van der Waals surface area (Å²) < 4.78 is 18.8. The number of ether oxygens (including phenoxy) is 1. The summed E-state index contributed by atoms with van der Waals surface area (Å²) in [7, 11) is 0. The summed E-state index contributed by atoms with van der Waals surface area (Å²) in [5, 5.41) is 8.83. The third-order valence-electron chi connectivity index (χ3n) is 2.50. The number of nitrogen functional groups attached to an aromatic ring is 1. The maximum absolute atomic E-state index is 13.3. The Hall–Kier alpha value is -2.54. The van der Waals surface area contributed by atoms with Crippen LogP contribution in [0, 0.1) is 17.1 Å². The Morgan fingerprint density at radius 1 is 1.22 bits per heavy atom. The zero-order valence-electron chi connectivity index (χ0n) is 9.56. The van der Waals surface area contributed by atoms with E-state index in [2.05, 4.69) is 0 Å². The first-order valence-electron chi connectivity index (χ1n) is 5.36. The van der Waals surface area contributed by atoms with Crippen LogP contribution in [-0.4, -0.2) is 0 Å². The first kappa shape index (κ1) is 11.9. The average molecular weight is 242 g/mol. The zero-order valence-corrected chi connectivity index (χ0v) is 9.56. The van der Waals surface area contributed by atoms with Crippen LogP contribution < -0.4 is 10.5 Å². The monoisotopic (exact) mass is 242 g/mol. The van der Waals surface area contributed by atoms with Crippen LogP contribution in [0.15, 0.2) is 42.5 Å². The average Bonchev–Trinajstić information content (AvgIpc) is 2.39. The number of anilines is 1. The largest absolute Gasteiger partial charge is 0.489 e. The third kappa shape index (κ3) is 2.58. The number of benzene rings is 2. The first-order chi connectivity index (χ1) is 8.70. The number of nitriles is 1. The van der Waals surface area contributed by atoms with Gasteiger partial charge in [-0.25, -0.2) is 4.39 Å². The smallest absolute Gasteiger partial charge is 0.129 e. The van der Waals surface area contributed by atoms with Crippen LogP contribution in [0.1, 0.15) is 11.1 Å². The normalized spacial score (nSPS) is 9.78. The second kappa shape index (κ2) is 5.19. The zero-order chi connectivity index (χ0) is 13.0. The molecule has 0 aliphatic carbocycles. The number of nitrogens with two attached hydrogens (primary N) is 1. The van der Waals surface area contributed by atoms with Crippen LogP contribution in [0.25, 0.3) is 0 Å². The quantitative estimate of drug-likeness (QED) is 0.842. The van der Waals surface area contributed by atoms with Crippen LogP contribution in [0.2, 0.25) is 0 Å². The molecule has 18 heavy (non-hydrogen) atoms. The predicted molar refractivity (Wildman–Crippen MR) is 66.3 cm³/mol. The first-order valence-corrected chi connectivity index (χ1v) is 5.36. The molecule has 0 spiro atoms. The molecule has 2 rings (SSSR count). The highest BCUT2D eigenvalue weighted by molar-refractivity contribution is 5.56. The van der Waals surface area contributed by atoms with Gasteiger partial charge in [-0.05, 0) is 24.3 Å². The fourth-order valence-corrected chi connectivity index (χ4v) is 1.50.